The molecule has 1 aliphatic rings. The number of nitrogens with zero attached hydrogens (tertiary/aromatic N) is 6. The van der Waals surface area contributed by atoms with Crippen molar-refractivity contribution in [1.29, 1.82) is 0 Å². The molecule has 0 spiro atoms. The number of halogens is 4. The minimum absolute atomic E-state index is 0.154. The monoisotopic (exact) mass is 495 g/mol. The molecule has 170 valence electrons. The lowest BCUT2D eigenvalue weighted by Crippen LogP contribution is -2.52. The van der Waals surface area contributed by atoms with E-state index in [1.54, 1.807) is 11.6 Å². The zero-order valence-electron chi connectivity index (χ0n) is 16.5. The van der Waals surface area contributed by atoms with Crippen molar-refractivity contribution >= 4 is 45.5 Å². The van der Waals surface area contributed by atoms with Crippen LogP contribution in [0.2, 0.25) is 5.15 Å². The maximum absolute atomic E-state index is 13.8. The molecule has 0 radical (unpaired) electrons. The SMILES string of the molecule is O=C(c1nc2c(C(F)(F)F)cc(-c3cn[nH]c3)cn2c1Cl)N1CCN(c2nccs2)C(=O)C1. The highest BCUT2D eigenvalue weighted by Crippen LogP contribution is 2.37. The number of hydrogen-bond donors (Lipinski definition) is 1. The van der Waals surface area contributed by atoms with Gasteiger partial charge in [-0.1, -0.05) is 11.6 Å². The van der Waals surface area contributed by atoms with Crippen molar-refractivity contribution in [2.24, 2.45) is 0 Å². The van der Waals surface area contributed by atoms with E-state index in [9.17, 15) is 22.8 Å². The molecular formula is C19H13ClF3N7O2S. The van der Waals surface area contributed by atoms with Crippen LogP contribution in [0.15, 0.2) is 36.2 Å². The molecule has 0 aromatic carbocycles. The van der Waals surface area contributed by atoms with Gasteiger partial charge in [-0.3, -0.25) is 24.0 Å². The van der Waals surface area contributed by atoms with Crippen LogP contribution < -0.4 is 4.90 Å². The van der Waals surface area contributed by atoms with Gasteiger partial charge >= 0.3 is 6.18 Å². The second-order valence-corrected chi connectivity index (χ2v) is 8.39. The quantitative estimate of drug-likeness (QED) is 0.470. The van der Waals surface area contributed by atoms with Crippen LogP contribution >= 0.6 is 22.9 Å². The van der Waals surface area contributed by atoms with Gasteiger partial charge in [-0.25, -0.2) is 9.97 Å². The molecule has 4 aromatic heterocycles. The lowest BCUT2D eigenvalue weighted by Gasteiger charge is -2.32. The first-order valence-electron chi connectivity index (χ1n) is 9.51. The number of aromatic amines is 1. The van der Waals surface area contributed by atoms with Crippen molar-refractivity contribution in [1.82, 2.24) is 29.5 Å². The van der Waals surface area contributed by atoms with E-state index in [0.717, 1.165) is 10.5 Å². The first-order valence-corrected chi connectivity index (χ1v) is 10.8. The van der Waals surface area contributed by atoms with Crippen LogP contribution in [0.4, 0.5) is 18.3 Å². The molecule has 33 heavy (non-hydrogen) atoms. The van der Waals surface area contributed by atoms with Crippen molar-refractivity contribution in [2.75, 3.05) is 24.5 Å². The normalized spacial score (nSPS) is 15.0. The Morgan fingerprint density at radius 2 is 2.06 bits per heavy atom. The summed E-state index contributed by atoms with van der Waals surface area (Å²) >= 11 is 7.62. The summed E-state index contributed by atoms with van der Waals surface area (Å²) in [5.74, 6) is -1.09. The van der Waals surface area contributed by atoms with Crippen LogP contribution in [0.1, 0.15) is 16.1 Å². The van der Waals surface area contributed by atoms with Crippen LogP contribution in [0.25, 0.3) is 16.8 Å². The van der Waals surface area contributed by atoms with Gasteiger partial charge in [0.1, 0.15) is 11.7 Å². The molecule has 1 saturated heterocycles. The minimum atomic E-state index is -4.74. The summed E-state index contributed by atoms with van der Waals surface area (Å²) in [5.41, 5.74) is -1.32. The third-order valence-corrected chi connectivity index (χ3v) is 6.31. The van der Waals surface area contributed by atoms with Gasteiger partial charge in [-0.15, -0.1) is 11.3 Å². The number of piperazine rings is 1. The summed E-state index contributed by atoms with van der Waals surface area (Å²) in [6, 6.07) is 0.925. The molecule has 5 heterocycles. The van der Waals surface area contributed by atoms with Crippen LogP contribution in [0.3, 0.4) is 0 Å². The Hall–Kier alpha value is -3.45. The van der Waals surface area contributed by atoms with Gasteiger partial charge in [0.25, 0.3) is 5.91 Å². The fourth-order valence-electron chi connectivity index (χ4n) is 3.58. The number of carbonyl (C=O) groups is 2. The van der Waals surface area contributed by atoms with Gasteiger partial charge in [0, 0.05) is 48.2 Å². The Bertz CT molecular complexity index is 1350. The first kappa shape index (κ1) is 21.4. The fourth-order valence-corrected chi connectivity index (χ4v) is 4.51. The number of alkyl halides is 3. The molecule has 0 bridgehead atoms. The van der Waals surface area contributed by atoms with E-state index in [-0.39, 0.29) is 42.0 Å². The second-order valence-electron chi connectivity index (χ2n) is 7.16. The molecule has 9 nitrogen and oxygen atoms in total. The van der Waals surface area contributed by atoms with Crippen molar-refractivity contribution in [3.05, 3.63) is 52.6 Å². The van der Waals surface area contributed by atoms with E-state index in [1.165, 1.54) is 39.7 Å². The van der Waals surface area contributed by atoms with Crippen molar-refractivity contribution in [3.8, 4) is 11.1 Å². The average molecular weight is 496 g/mol. The summed E-state index contributed by atoms with van der Waals surface area (Å²) in [6.45, 7) is 0.0806. The van der Waals surface area contributed by atoms with E-state index in [1.807, 2.05) is 0 Å². The summed E-state index contributed by atoms with van der Waals surface area (Å²) in [4.78, 5) is 36.3. The Morgan fingerprint density at radius 3 is 2.70 bits per heavy atom. The fraction of sp³-hybridized carbons (Fsp3) is 0.211. The van der Waals surface area contributed by atoms with Crippen molar-refractivity contribution < 1.29 is 22.8 Å². The van der Waals surface area contributed by atoms with E-state index in [4.69, 9.17) is 11.6 Å². The molecule has 0 saturated carbocycles. The molecule has 0 unspecified atom stereocenters. The molecule has 1 N–H and O–H groups in total. The van der Waals surface area contributed by atoms with Gasteiger partial charge in [0.15, 0.2) is 16.5 Å². The summed E-state index contributed by atoms with van der Waals surface area (Å²) in [5, 5.41) is 8.26. The average Bonchev–Trinajstić information content (AvgIpc) is 3.54. The van der Waals surface area contributed by atoms with Crippen LogP contribution in [-0.4, -0.2) is 60.9 Å². The largest absolute Gasteiger partial charge is 0.420 e. The molecule has 0 atom stereocenters. The summed E-state index contributed by atoms with van der Waals surface area (Å²) < 4.78 is 42.4. The molecule has 5 rings (SSSR count). The van der Waals surface area contributed by atoms with E-state index in [2.05, 4.69) is 20.2 Å². The van der Waals surface area contributed by atoms with Gasteiger partial charge in [0.05, 0.1) is 11.8 Å². The van der Waals surface area contributed by atoms with E-state index in [0.29, 0.717) is 10.7 Å². The highest BCUT2D eigenvalue weighted by atomic mass is 35.5. The van der Waals surface area contributed by atoms with Crippen LogP contribution in [0.5, 0.6) is 0 Å². The lowest BCUT2D eigenvalue weighted by molar-refractivity contribution is -0.136. The third-order valence-electron chi connectivity index (χ3n) is 5.16. The standard InChI is InChI=1S/C19H13ClF3N7O2S/c20-15-14(17(32)28-2-3-29(13(31)9-28)18-24-1-4-33-18)27-16-12(19(21,22)23)5-10(8-30(15)16)11-6-25-26-7-11/h1,4-8H,2-3,9H2,(H,25,26). The number of amides is 2. The molecule has 14 heteroatoms. The van der Waals surface area contributed by atoms with Gasteiger partial charge in [-0.2, -0.15) is 18.3 Å². The maximum atomic E-state index is 13.8. The van der Waals surface area contributed by atoms with Crippen molar-refractivity contribution in [3.63, 3.8) is 0 Å². The van der Waals surface area contributed by atoms with Gasteiger partial charge in [0.2, 0.25) is 5.91 Å². The number of aromatic nitrogens is 5. The number of thiazole rings is 1. The van der Waals surface area contributed by atoms with Gasteiger partial charge in [-0.05, 0) is 6.07 Å². The third kappa shape index (κ3) is 3.72. The zero-order chi connectivity index (χ0) is 23.3. The Labute approximate surface area is 192 Å². The number of anilines is 1. The molecular weight excluding hydrogens is 483 g/mol. The topological polar surface area (TPSA) is 99.5 Å². The molecule has 0 aliphatic carbocycles. The summed E-state index contributed by atoms with van der Waals surface area (Å²) in [6.07, 6.45) is 0.979. The lowest BCUT2D eigenvalue weighted by atomic mass is 10.1. The summed E-state index contributed by atoms with van der Waals surface area (Å²) in [7, 11) is 0. The number of fused-ring (bicyclic) bond motifs is 1. The predicted molar refractivity (Wildman–Crippen MR) is 113 cm³/mol. The highest BCUT2D eigenvalue weighted by molar-refractivity contribution is 7.13. The van der Waals surface area contributed by atoms with E-state index < -0.39 is 23.3 Å². The Kier molecular flexibility index (Phi) is 5.09. The minimum Gasteiger partial charge on any atom is -0.326 e. The number of pyridine rings is 1. The first-order chi connectivity index (χ1) is 15.7. The van der Waals surface area contributed by atoms with Gasteiger partial charge < -0.3 is 4.90 Å². The zero-order valence-corrected chi connectivity index (χ0v) is 18.1. The van der Waals surface area contributed by atoms with Crippen LogP contribution in [0, 0.1) is 0 Å². The number of rotatable bonds is 3. The number of carbonyl (C=O) groups excluding carboxylic acids is 2. The van der Waals surface area contributed by atoms with E-state index >= 15 is 0 Å². The molecule has 1 aliphatic heterocycles. The maximum Gasteiger partial charge on any atom is 0.420 e. The van der Waals surface area contributed by atoms with Crippen LogP contribution in [-0.2, 0) is 11.0 Å². The van der Waals surface area contributed by atoms with Crippen molar-refractivity contribution in [2.45, 2.75) is 6.18 Å². The Balaban J connectivity index is 1.52. The number of H-pyrrole nitrogens is 1. The second kappa shape index (κ2) is 7.85. The number of nitrogens with one attached hydrogen (secondary N) is 1. The number of hydrogen-bond acceptors (Lipinski definition) is 6. The molecule has 2 amide bonds. The smallest absolute Gasteiger partial charge is 0.326 e. The number of imidazole rings is 1. The molecule has 4 aromatic rings. The highest BCUT2D eigenvalue weighted by Gasteiger charge is 2.37. The molecule has 1 fully saturated rings. The predicted octanol–water partition coefficient (Wildman–Crippen LogP) is 3.34. The Morgan fingerprint density at radius 1 is 1.24 bits per heavy atom.